The van der Waals surface area contributed by atoms with Crippen molar-refractivity contribution in [3.63, 3.8) is 0 Å². The summed E-state index contributed by atoms with van der Waals surface area (Å²) >= 11 is 0. The number of carbonyl (C=O) groups is 1. The second-order valence-electron chi connectivity index (χ2n) is 7.43. The number of nitrogens with one attached hydrogen (secondary N) is 2. The first-order valence-corrected chi connectivity index (χ1v) is 9.43. The molecule has 1 aromatic carbocycles. The van der Waals surface area contributed by atoms with E-state index in [1.807, 2.05) is 19.9 Å². The number of alkyl halides is 1. The van der Waals surface area contributed by atoms with Gasteiger partial charge in [0.1, 0.15) is 6.17 Å². The van der Waals surface area contributed by atoms with Crippen molar-refractivity contribution < 1.29 is 13.9 Å². The molecule has 1 amide bonds. The summed E-state index contributed by atoms with van der Waals surface area (Å²) in [6.07, 6.45) is -0.00139. The van der Waals surface area contributed by atoms with Crippen LogP contribution in [0.4, 0.5) is 10.1 Å². The maximum absolute atomic E-state index is 13.8. The van der Waals surface area contributed by atoms with Crippen molar-refractivity contribution >= 4 is 22.5 Å². The lowest BCUT2D eigenvalue weighted by atomic mass is 10.1. The molecule has 0 saturated carbocycles. The van der Waals surface area contributed by atoms with E-state index in [0.29, 0.717) is 19.6 Å². The Morgan fingerprint density at radius 2 is 2.19 bits per heavy atom. The first kappa shape index (κ1) is 18.1. The largest absolute Gasteiger partial charge is 0.365 e. The summed E-state index contributed by atoms with van der Waals surface area (Å²) < 4.78 is 19.7. The monoisotopic (exact) mass is 372 g/mol. The van der Waals surface area contributed by atoms with Gasteiger partial charge in [0.05, 0.1) is 24.2 Å². The molecule has 4 rings (SSSR count). The van der Waals surface area contributed by atoms with Gasteiger partial charge in [0.15, 0.2) is 6.10 Å². The average molecular weight is 372 g/mol. The highest BCUT2D eigenvalue weighted by Gasteiger charge is 2.35. The van der Waals surface area contributed by atoms with Gasteiger partial charge in [-0.05, 0) is 37.6 Å². The fourth-order valence-corrected chi connectivity index (χ4v) is 3.93. The lowest BCUT2D eigenvalue weighted by Gasteiger charge is -2.38. The van der Waals surface area contributed by atoms with E-state index >= 15 is 0 Å². The van der Waals surface area contributed by atoms with Crippen LogP contribution in [0, 0.1) is 6.92 Å². The lowest BCUT2D eigenvalue weighted by molar-refractivity contribution is -0.138. The molecule has 2 aliphatic heterocycles. The molecular formula is C20H25FN4O2. The van der Waals surface area contributed by atoms with Gasteiger partial charge < -0.3 is 20.3 Å². The number of benzene rings is 1. The average Bonchev–Trinajstić information content (AvgIpc) is 3.06. The number of amides is 1. The molecule has 2 aromatic rings. The second-order valence-corrected chi connectivity index (χ2v) is 7.43. The van der Waals surface area contributed by atoms with E-state index in [1.54, 1.807) is 6.20 Å². The Balaban J connectivity index is 1.56. The Labute approximate surface area is 158 Å². The SMILES string of the molecule is Cc1ccc(N2CC(C)OC(C(=O)NC3CNCC3F)C2)c2cccnc12. The normalized spacial score (nSPS) is 28.5. The highest BCUT2D eigenvalue weighted by Crippen LogP contribution is 2.30. The van der Waals surface area contributed by atoms with Crippen LogP contribution in [-0.4, -0.2) is 61.5 Å². The van der Waals surface area contributed by atoms with Gasteiger partial charge in [0.25, 0.3) is 5.91 Å². The number of rotatable bonds is 3. The maximum Gasteiger partial charge on any atom is 0.251 e. The summed E-state index contributed by atoms with van der Waals surface area (Å²) in [7, 11) is 0. The van der Waals surface area contributed by atoms with Crippen LogP contribution >= 0.6 is 0 Å². The smallest absolute Gasteiger partial charge is 0.251 e. The van der Waals surface area contributed by atoms with Crippen LogP contribution in [0.15, 0.2) is 30.5 Å². The zero-order valence-electron chi connectivity index (χ0n) is 15.6. The molecule has 7 heteroatoms. The zero-order valence-corrected chi connectivity index (χ0v) is 15.6. The van der Waals surface area contributed by atoms with Crippen molar-refractivity contribution in [2.45, 2.75) is 38.3 Å². The summed E-state index contributed by atoms with van der Waals surface area (Å²) in [6.45, 7) is 5.85. The quantitative estimate of drug-likeness (QED) is 0.856. The van der Waals surface area contributed by atoms with Crippen molar-refractivity contribution in [1.29, 1.82) is 0 Å². The van der Waals surface area contributed by atoms with Crippen molar-refractivity contribution in [2.75, 3.05) is 31.1 Å². The Kier molecular flexibility index (Phi) is 4.97. The van der Waals surface area contributed by atoms with Crippen LogP contribution in [0.1, 0.15) is 12.5 Å². The van der Waals surface area contributed by atoms with E-state index < -0.39 is 18.3 Å². The number of pyridine rings is 1. The van der Waals surface area contributed by atoms with E-state index in [9.17, 15) is 9.18 Å². The third kappa shape index (κ3) is 3.61. The van der Waals surface area contributed by atoms with Crippen LogP contribution in [0.2, 0.25) is 0 Å². The van der Waals surface area contributed by atoms with E-state index in [0.717, 1.165) is 22.2 Å². The summed E-state index contributed by atoms with van der Waals surface area (Å²) in [5.41, 5.74) is 3.13. The number of ether oxygens (including phenoxy) is 1. The molecule has 1 aromatic heterocycles. The molecule has 27 heavy (non-hydrogen) atoms. The minimum Gasteiger partial charge on any atom is -0.365 e. The van der Waals surface area contributed by atoms with E-state index in [-0.39, 0.29) is 18.6 Å². The third-order valence-electron chi connectivity index (χ3n) is 5.31. The number of aryl methyl sites for hydroxylation is 1. The number of anilines is 1. The number of morpholine rings is 1. The Bertz CT molecular complexity index is 846. The molecule has 2 fully saturated rings. The first-order chi connectivity index (χ1) is 13.0. The molecule has 0 spiro atoms. The Morgan fingerprint density at radius 1 is 1.33 bits per heavy atom. The molecule has 2 saturated heterocycles. The highest BCUT2D eigenvalue weighted by molar-refractivity contribution is 5.94. The van der Waals surface area contributed by atoms with Gasteiger partial charge in [-0.2, -0.15) is 0 Å². The topological polar surface area (TPSA) is 66.5 Å². The number of nitrogens with zero attached hydrogens (tertiary/aromatic N) is 2. The third-order valence-corrected chi connectivity index (χ3v) is 5.31. The molecule has 6 nitrogen and oxygen atoms in total. The maximum atomic E-state index is 13.8. The fraction of sp³-hybridized carbons (Fsp3) is 0.500. The van der Waals surface area contributed by atoms with E-state index in [2.05, 4.69) is 38.7 Å². The van der Waals surface area contributed by atoms with Crippen LogP contribution in [0.5, 0.6) is 0 Å². The van der Waals surface area contributed by atoms with E-state index in [4.69, 9.17) is 4.74 Å². The van der Waals surface area contributed by atoms with Gasteiger partial charge in [-0.25, -0.2) is 4.39 Å². The Morgan fingerprint density at radius 3 is 2.96 bits per heavy atom. The van der Waals surface area contributed by atoms with Gasteiger partial charge >= 0.3 is 0 Å². The number of halogens is 1. The molecule has 4 atom stereocenters. The van der Waals surface area contributed by atoms with Gasteiger partial charge in [0, 0.05) is 36.9 Å². The number of hydrogen-bond acceptors (Lipinski definition) is 5. The Hall–Kier alpha value is -2.25. The summed E-state index contributed by atoms with van der Waals surface area (Å²) in [6, 6.07) is 7.62. The molecular weight excluding hydrogens is 347 g/mol. The predicted octanol–water partition coefficient (Wildman–Crippen LogP) is 1.56. The van der Waals surface area contributed by atoms with Crippen LogP contribution in [0.3, 0.4) is 0 Å². The molecule has 0 radical (unpaired) electrons. The summed E-state index contributed by atoms with van der Waals surface area (Å²) in [4.78, 5) is 19.3. The van der Waals surface area contributed by atoms with Crippen LogP contribution in [-0.2, 0) is 9.53 Å². The van der Waals surface area contributed by atoms with Crippen molar-refractivity contribution in [1.82, 2.24) is 15.6 Å². The van der Waals surface area contributed by atoms with Gasteiger partial charge in [-0.1, -0.05) is 6.07 Å². The number of hydrogen-bond donors (Lipinski definition) is 2. The summed E-state index contributed by atoms with van der Waals surface area (Å²) in [5, 5.41) is 6.81. The van der Waals surface area contributed by atoms with Crippen LogP contribution < -0.4 is 15.5 Å². The lowest BCUT2D eigenvalue weighted by Crippen LogP contribution is -2.55. The van der Waals surface area contributed by atoms with Crippen LogP contribution in [0.25, 0.3) is 10.9 Å². The molecule has 144 valence electrons. The predicted molar refractivity (Wildman–Crippen MR) is 103 cm³/mol. The number of carbonyl (C=O) groups excluding carboxylic acids is 1. The van der Waals surface area contributed by atoms with Crippen molar-refractivity contribution in [3.8, 4) is 0 Å². The molecule has 3 heterocycles. The van der Waals surface area contributed by atoms with Crippen molar-refractivity contribution in [3.05, 3.63) is 36.0 Å². The first-order valence-electron chi connectivity index (χ1n) is 9.43. The van der Waals surface area contributed by atoms with Crippen molar-refractivity contribution in [2.24, 2.45) is 0 Å². The zero-order chi connectivity index (χ0) is 19.0. The number of fused-ring (bicyclic) bond motifs is 1. The molecule has 2 N–H and O–H groups in total. The van der Waals surface area contributed by atoms with Gasteiger partial charge in [-0.3, -0.25) is 9.78 Å². The highest BCUT2D eigenvalue weighted by atomic mass is 19.1. The van der Waals surface area contributed by atoms with Gasteiger partial charge in [0.2, 0.25) is 0 Å². The standard InChI is InChI=1S/C20H25FN4O2/c1-12-5-6-17(14-4-3-7-23-19(12)14)25-10-13(2)27-18(11-25)20(26)24-16-9-22-8-15(16)21/h3-7,13,15-16,18,22H,8-11H2,1-2H3,(H,24,26). The second kappa shape index (κ2) is 7.40. The summed E-state index contributed by atoms with van der Waals surface area (Å²) in [5.74, 6) is -0.252. The fourth-order valence-electron chi connectivity index (χ4n) is 3.93. The molecule has 0 aliphatic carbocycles. The molecule has 4 unspecified atom stereocenters. The number of aromatic nitrogens is 1. The molecule has 2 aliphatic rings. The molecule has 0 bridgehead atoms. The van der Waals surface area contributed by atoms with E-state index in [1.165, 1.54) is 0 Å². The van der Waals surface area contributed by atoms with Gasteiger partial charge in [-0.15, -0.1) is 0 Å². The minimum atomic E-state index is -1.06. The minimum absolute atomic E-state index is 0.106.